The fraction of sp³-hybridized carbons (Fsp3) is 0.353. The van der Waals surface area contributed by atoms with E-state index in [-0.39, 0.29) is 18.0 Å². The van der Waals surface area contributed by atoms with Crippen molar-refractivity contribution in [2.75, 3.05) is 42.9 Å². The third-order valence-electron chi connectivity index (χ3n) is 4.26. The lowest BCUT2D eigenvalue weighted by Gasteiger charge is -2.36. The number of nitrogens with zero attached hydrogens (tertiary/aromatic N) is 4. The lowest BCUT2D eigenvalue weighted by Crippen LogP contribution is -2.50. The predicted octanol–water partition coefficient (Wildman–Crippen LogP) is 1.30. The number of carbonyl (C=O) groups excluding carboxylic acids is 1. The highest BCUT2D eigenvalue weighted by Gasteiger charge is 2.21. The van der Waals surface area contributed by atoms with Crippen molar-refractivity contribution in [2.24, 2.45) is 7.05 Å². The zero-order valence-corrected chi connectivity index (χ0v) is 15.6. The molecule has 2 aromatic rings. The summed E-state index contributed by atoms with van der Waals surface area (Å²) in [5.74, 6) is 0.0142. The molecule has 132 valence electrons. The maximum atomic E-state index is 12.4. The summed E-state index contributed by atoms with van der Waals surface area (Å²) >= 11 is 3.24. The number of carbonyl (C=O) groups is 1. The summed E-state index contributed by atoms with van der Waals surface area (Å²) < 4.78 is 1.62. The third-order valence-corrected chi connectivity index (χ3v) is 5.03. The molecule has 0 radical (unpaired) electrons. The summed E-state index contributed by atoms with van der Waals surface area (Å²) in [6.45, 7) is 3.13. The molecule has 1 fully saturated rings. The van der Waals surface area contributed by atoms with Gasteiger partial charge in [-0.25, -0.2) is 4.68 Å². The summed E-state index contributed by atoms with van der Waals surface area (Å²) in [4.78, 5) is 28.3. The minimum Gasteiger partial charge on any atom is -0.374 e. The van der Waals surface area contributed by atoms with E-state index in [2.05, 4.69) is 43.4 Å². The number of piperazine rings is 1. The van der Waals surface area contributed by atoms with Crippen LogP contribution in [0.15, 0.2) is 45.8 Å². The van der Waals surface area contributed by atoms with Crippen LogP contribution in [0.25, 0.3) is 0 Å². The van der Waals surface area contributed by atoms with Gasteiger partial charge in [0.15, 0.2) is 0 Å². The number of amides is 1. The molecule has 1 saturated heterocycles. The molecule has 1 amide bonds. The highest BCUT2D eigenvalue weighted by molar-refractivity contribution is 9.10. The highest BCUT2D eigenvalue weighted by atomic mass is 79.9. The van der Waals surface area contributed by atoms with Gasteiger partial charge in [0.05, 0.1) is 18.4 Å². The number of nitrogens with one attached hydrogen (secondary N) is 1. The van der Waals surface area contributed by atoms with Gasteiger partial charge in [-0.05, 0) is 28.1 Å². The molecule has 3 rings (SSSR count). The smallest absolute Gasteiger partial charge is 0.282 e. The fourth-order valence-electron chi connectivity index (χ4n) is 2.77. The van der Waals surface area contributed by atoms with Gasteiger partial charge in [-0.2, -0.15) is 5.10 Å². The zero-order valence-electron chi connectivity index (χ0n) is 14.0. The van der Waals surface area contributed by atoms with Crippen molar-refractivity contribution in [3.05, 3.63) is 51.4 Å². The lowest BCUT2D eigenvalue weighted by molar-refractivity contribution is -0.129. The summed E-state index contributed by atoms with van der Waals surface area (Å²) in [5, 5.41) is 6.95. The Kier molecular flexibility index (Phi) is 5.37. The maximum absolute atomic E-state index is 12.4. The first-order valence-electron chi connectivity index (χ1n) is 8.09. The van der Waals surface area contributed by atoms with E-state index in [1.54, 1.807) is 7.05 Å². The average Bonchev–Trinajstić information content (AvgIpc) is 2.66. The van der Waals surface area contributed by atoms with Gasteiger partial charge in [0, 0.05) is 38.9 Å². The van der Waals surface area contributed by atoms with E-state index in [0.29, 0.717) is 23.2 Å². The predicted molar refractivity (Wildman–Crippen MR) is 101 cm³/mol. The molecule has 1 aliphatic heterocycles. The Labute approximate surface area is 154 Å². The average molecular weight is 406 g/mol. The normalized spacial score (nSPS) is 14.5. The number of hydrogen-bond donors (Lipinski definition) is 1. The largest absolute Gasteiger partial charge is 0.374 e. The summed E-state index contributed by atoms with van der Waals surface area (Å²) in [5.41, 5.74) is 1.47. The molecule has 0 saturated carbocycles. The molecule has 7 nitrogen and oxygen atoms in total. The van der Waals surface area contributed by atoms with Crippen LogP contribution in [-0.4, -0.2) is 53.3 Å². The molecule has 2 heterocycles. The molecule has 0 spiro atoms. The third kappa shape index (κ3) is 4.01. The van der Waals surface area contributed by atoms with Crippen molar-refractivity contribution in [3.63, 3.8) is 0 Å². The number of anilines is 2. The second-order valence-electron chi connectivity index (χ2n) is 5.86. The van der Waals surface area contributed by atoms with Crippen LogP contribution in [0.5, 0.6) is 0 Å². The highest BCUT2D eigenvalue weighted by Crippen LogP contribution is 2.17. The van der Waals surface area contributed by atoms with Crippen LogP contribution in [0.2, 0.25) is 0 Å². The van der Waals surface area contributed by atoms with E-state index in [1.165, 1.54) is 16.6 Å². The van der Waals surface area contributed by atoms with E-state index in [0.717, 1.165) is 13.1 Å². The summed E-state index contributed by atoms with van der Waals surface area (Å²) in [7, 11) is 1.58. The molecule has 1 aliphatic rings. The number of halogens is 1. The standard InChI is InChI=1S/C17H20BrN5O2/c1-21-17(25)16(18)14(11-20-21)19-12-15(24)23-9-7-22(8-10-23)13-5-3-2-4-6-13/h2-6,11,19H,7-10,12H2,1H3. The molecule has 1 aromatic carbocycles. The van der Waals surface area contributed by atoms with Crippen LogP contribution in [0.1, 0.15) is 0 Å². The number of para-hydroxylation sites is 1. The molecule has 25 heavy (non-hydrogen) atoms. The van der Waals surface area contributed by atoms with Crippen molar-refractivity contribution < 1.29 is 4.79 Å². The Bertz CT molecular complexity index is 800. The van der Waals surface area contributed by atoms with Crippen LogP contribution in [-0.2, 0) is 11.8 Å². The Balaban J connectivity index is 1.53. The lowest BCUT2D eigenvalue weighted by atomic mass is 10.2. The van der Waals surface area contributed by atoms with Gasteiger partial charge in [-0.3, -0.25) is 9.59 Å². The van der Waals surface area contributed by atoms with Crippen LogP contribution < -0.4 is 15.8 Å². The molecular formula is C17H20BrN5O2. The molecule has 1 N–H and O–H groups in total. The first kappa shape index (κ1) is 17.5. The van der Waals surface area contributed by atoms with Crippen LogP contribution in [0, 0.1) is 0 Å². The second-order valence-corrected chi connectivity index (χ2v) is 6.65. The number of benzene rings is 1. The molecule has 0 atom stereocenters. The van der Waals surface area contributed by atoms with Crippen molar-refractivity contribution >= 4 is 33.2 Å². The summed E-state index contributed by atoms with van der Waals surface area (Å²) in [6.07, 6.45) is 1.53. The molecular weight excluding hydrogens is 386 g/mol. The van der Waals surface area contributed by atoms with Gasteiger partial charge in [-0.15, -0.1) is 0 Å². The van der Waals surface area contributed by atoms with Gasteiger partial charge < -0.3 is 15.1 Å². The van der Waals surface area contributed by atoms with Crippen molar-refractivity contribution in [3.8, 4) is 0 Å². The first-order chi connectivity index (χ1) is 12.1. The Morgan fingerprint density at radius 1 is 1.20 bits per heavy atom. The van der Waals surface area contributed by atoms with Crippen molar-refractivity contribution in [2.45, 2.75) is 0 Å². The van der Waals surface area contributed by atoms with Crippen LogP contribution >= 0.6 is 15.9 Å². The number of aryl methyl sites for hydroxylation is 1. The maximum Gasteiger partial charge on any atom is 0.282 e. The van der Waals surface area contributed by atoms with E-state index in [1.807, 2.05) is 23.1 Å². The first-order valence-corrected chi connectivity index (χ1v) is 8.89. The van der Waals surface area contributed by atoms with Gasteiger partial charge in [0.2, 0.25) is 5.91 Å². The summed E-state index contributed by atoms with van der Waals surface area (Å²) in [6, 6.07) is 10.2. The Hall–Kier alpha value is -2.35. The van der Waals surface area contributed by atoms with Crippen molar-refractivity contribution in [1.29, 1.82) is 0 Å². The van der Waals surface area contributed by atoms with Crippen LogP contribution in [0.3, 0.4) is 0 Å². The number of rotatable bonds is 4. The fourth-order valence-corrected chi connectivity index (χ4v) is 3.27. The number of hydrogen-bond acceptors (Lipinski definition) is 5. The van der Waals surface area contributed by atoms with Gasteiger partial charge in [0.1, 0.15) is 4.47 Å². The Morgan fingerprint density at radius 3 is 2.56 bits per heavy atom. The molecule has 0 aliphatic carbocycles. The van der Waals surface area contributed by atoms with Gasteiger partial charge >= 0.3 is 0 Å². The SMILES string of the molecule is Cn1ncc(NCC(=O)N2CCN(c3ccccc3)CC2)c(Br)c1=O. The minimum absolute atomic E-state index is 0.0142. The topological polar surface area (TPSA) is 70.5 Å². The second kappa shape index (κ2) is 7.69. The molecule has 8 heteroatoms. The van der Waals surface area contributed by atoms with E-state index < -0.39 is 0 Å². The van der Waals surface area contributed by atoms with E-state index in [9.17, 15) is 9.59 Å². The molecule has 1 aromatic heterocycles. The molecule has 0 bridgehead atoms. The number of aromatic nitrogens is 2. The quantitative estimate of drug-likeness (QED) is 0.829. The van der Waals surface area contributed by atoms with Crippen LogP contribution in [0.4, 0.5) is 11.4 Å². The van der Waals surface area contributed by atoms with E-state index in [4.69, 9.17) is 0 Å². The van der Waals surface area contributed by atoms with E-state index >= 15 is 0 Å². The zero-order chi connectivity index (χ0) is 17.8. The molecule has 0 unspecified atom stereocenters. The van der Waals surface area contributed by atoms with Gasteiger partial charge in [-0.1, -0.05) is 18.2 Å². The monoisotopic (exact) mass is 405 g/mol. The minimum atomic E-state index is -0.242. The van der Waals surface area contributed by atoms with Gasteiger partial charge in [0.25, 0.3) is 5.56 Å². The van der Waals surface area contributed by atoms with Crippen molar-refractivity contribution in [1.82, 2.24) is 14.7 Å². The Morgan fingerprint density at radius 2 is 1.88 bits per heavy atom.